The Balaban J connectivity index is 1.79. The zero-order valence-corrected chi connectivity index (χ0v) is 40.4. The molecule has 4 rings (SSSR count). The third-order valence-corrected chi connectivity index (χ3v) is 19.2. The van der Waals surface area contributed by atoms with Gasteiger partial charge in [-0.15, -0.1) is 0 Å². The fraction of sp³-hybridized carbons (Fsp3) is 0.462. The van der Waals surface area contributed by atoms with E-state index in [0.717, 1.165) is 28.3 Å². The summed E-state index contributed by atoms with van der Waals surface area (Å²) in [6.07, 6.45) is 1.10. The minimum absolute atomic E-state index is 0.193. The van der Waals surface area contributed by atoms with Gasteiger partial charge in [0.05, 0.1) is 6.04 Å². The lowest BCUT2D eigenvalue weighted by Crippen LogP contribution is -2.61. The minimum Gasteiger partial charge on any atom is -0.516 e. The van der Waals surface area contributed by atoms with E-state index < -0.39 is 44.4 Å². The smallest absolute Gasteiger partial charge is 0.315 e. The molecular weight excluding hydrogens is 789 g/mol. The van der Waals surface area contributed by atoms with Crippen molar-refractivity contribution in [1.29, 1.82) is 0 Å². The van der Waals surface area contributed by atoms with E-state index >= 15 is 14.4 Å². The first-order valence-electron chi connectivity index (χ1n) is 22.1. The van der Waals surface area contributed by atoms with Crippen LogP contribution in [-0.2, 0) is 49.3 Å². The Morgan fingerprint density at radius 3 is 1.15 bits per heavy atom. The van der Waals surface area contributed by atoms with Crippen LogP contribution in [0.5, 0.6) is 0 Å². The molecule has 0 fully saturated rings. The number of hydrogen-bond acceptors (Lipinski definition) is 6. The monoisotopic (exact) mass is 861 g/mol. The minimum atomic E-state index is -2.92. The average Bonchev–Trinajstić information content (AvgIpc) is 3.24. The van der Waals surface area contributed by atoms with Crippen molar-refractivity contribution in [2.45, 2.75) is 121 Å². The topological polar surface area (TPSA) is 99.3 Å². The number of nitrogens with one attached hydrogen (secondary N) is 1. The molecule has 0 aliphatic rings. The van der Waals surface area contributed by atoms with Crippen molar-refractivity contribution in [1.82, 2.24) is 20.0 Å². The molecule has 9 nitrogen and oxygen atoms in total. The first kappa shape index (κ1) is 49.6. The highest BCUT2D eigenvalue weighted by Gasteiger charge is 2.58. The van der Waals surface area contributed by atoms with Gasteiger partial charge < -0.3 is 24.4 Å². The van der Waals surface area contributed by atoms with Crippen LogP contribution in [0.1, 0.15) is 77.6 Å². The number of nitrogens with zero attached hydrogens (tertiary/aromatic N) is 3. The van der Waals surface area contributed by atoms with Gasteiger partial charge in [-0.3, -0.25) is 19.2 Å². The molecule has 1 N–H and O–H groups in total. The summed E-state index contributed by atoms with van der Waals surface area (Å²) in [6.45, 7) is 17.4. The number of carbonyl (C=O) groups is 4. The second-order valence-electron chi connectivity index (χ2n) is 19.3. The maximum atomic E-state index is 15.4. The highest BCUT2D eigenvalue weighted by molar-refractivity contribution is 6.80. The summed E-state index contributed by atoms with van der Waals surface area (Å²) < 4.78 is 7.00. The molecule has 4 aromatic carbocycles. The Labute approximate surface area is 373 Å². The van der Waals surface area contributed by atoms with E-state index in [-0.39, 0.29) is 47.1 Å². The summed E-state index contributed by atoms with van der Waals surface area (Å²) >= 11 is 0. The fourth-order valence-corrected chi connectivity index (χ4v) is 14.7. The molecule has 3 amide bonds. The van der Waals surface area contributed by atoms with Crippen LogP contribution in [0.2, 0.25) is 16.1 Å². The Kier molecular flexibility index (Phi) is 17.5. The van der Waals surface area contributed by atoms with Gasteiger partial charge in [0, 0.05) is 40.4 Å². The SMILES string of the molecule is CN[C@@H](Cc1ccccc1)C(=O)N(C)[C@@H](Cc1ccccc1)C(=O)N(C)[C@@H](Cc1ccccc1)C(=O)N(C)[C@@H](Cc1ccccc1)C(=O)O[Si](CC(C)C)(C(C)(C)C)C(C)(C)C. The van der Waals surface area contributed by atoms with E-state index in [4.69, 9.17) is 4.43 Å². The predicted molar refractivity (Wildman–Crippen MR) is 254 cm³/mol. The lowest BCUT2D eigenvalue weighted by atomic mass is 9.98. The van der Waals surface area contributed by atoms with Gasteiger partial charge in [0.1, 0.15) is 18.1 Å². The lowest BCUT2D eigenvalue weighted by molar-refractivity contribution is -0.154. The summed E-state index contributed by atoms with van der Waals surface area (Å²) in [5.41, 5.74) is 3.61. The van der Waals surface area contributed by atoms with Crippen LogP contribution < -0.4 is 5.32 Å². The Morgan fingerprint density at radius 1 is 0.516 bits per heavy atom. The summed E-state index contributed by atoms with van der Waals surface area (Å²) in [7, 11) is 3.79. The van der Waals surface area contributed by atoms with E-state index in [9.17, 15) is 4.79 Å². The molecule has 0 unspecified atom stereocenters. The van der Waals surface area contributed by atoms with Gasteiger partial charge in [-0.1, -0.05) is 177 Å². The first-order chi connectivity index (χ1) is 29.2. The van der Waals surface area contributed by atoms with Crippen molar-refractivity contribution in [3.8, 4) is 0 Å². The molecule has 10 heteroatoms. The van der Waals surface area contributed by atoms with Crippen LogP contribution in [0.15, 0.2) is 121 Å². The van der Waals surface area contributed by atoms with Crippen molar-refractivity contribution in [3.63, 3.8) is 0 Å². The molecule has 0 heterocycles. The molecule has 0 aromatic heterocycles. The van der Waals surface area contributed by atoms with Crippen LogP contribution in [-0.4, -0.2) is 99.1 Å². The zero-order chi connectivity index (χ0) is 45.8. The van der Waals surface area contributed by atoms with Crippen molar-refractivity contribution in [2.75, 3.05) is 28.2 Å². The number of likely N-dealkylation sites (N-methyl/N-ethyl adjacent to an activating group) is 4. The third kappa shape index (κ3) is 12.5. The van der Waals surface area contributed by atoms with Gasteiger partial charge in [0.2, 0.25) is 17.7 Å². The van der Waals surface area contributed by atoms with E-state index in [2.05, 4.69) is 60.7 Å². The highest BCUT2D eigenvalue weighted by Crippen LogP contribution is 2.55. The molecule has 0 spiro atoms. The van der Waals surface area contributed by atoms with Crippen LogP contribution >= 0.6 is 0 Å². The fourth-order valence-electron chi connectivity index (χ4n) is 8.91. The maximum Gasteiger partial charge on any atom is 0.315 e. The van der Waals surface area contributed by atoms with E-state index in [1.807, 2.05) is 121 Å². The quantitative estimate of drug-likeness (QED) is 0.0948. The molecule has 0 aliphatic heterocycles. The standard InChI is InChI=1S/C52H72N4O5Si/c1-38(2)37-62(51(3,4)5,52(6,7)8)61-50(60)46(36-42-31-23-16-24-32-42)56(12)49(59)45(35-41-29-21-15-22-30-41)55(11)48(58)44(34-40-27-19-14-20-28-40)54(10)47(57)43(53-9)33-39-25-17-13-18-26-39/h13-32,38,43-46,53H,33-37H2,1-12H3/t43-,44-,45-,46-/m0/s1. The largest absolute Gasteiger partial charge is 0.516 e. The first-order valence-corrected chi connectivity index (χ1v) is 24.2. The summed E-state index contributed by atoms with van der Waals surface area (Å²) in [5.74, 6) is -1.16. The Morgan fingerprint density at radius 2 is 0.823 bits per heavy atom. The maximum absolute atomic E-state index is 15.4. The van der Waals surface area contributed by atoms with Crippen molar-refractivity contribution in [2.24, 2.45) is 5.92 Å². The Bertz CT molecular complexity index is 2020. The molecule has 0 saturated heterocycles. The average molecular weight is 861 g/mol. The number of amides is 3. The molecule has 0 radical (unpaired) electrons. The molecule has 334 valence electrons. The van der Waals surface area contributed by atoms with E-state index in [0.29, 0.717) is 6.42 Å². The zero-order valence-electron chi connectivity index (χ0n) is 39.4. The van der Waals surface area contributed by atoms with Gasteiger partial charge in [-0.2, -0.15) is 0 Å². The third-order valence-electron chi connectivity index (χ3n) is 12.4. The van der Waals surface area contributed by atoms with Gasteiger partial charge >= 0.3 is 5.97 Å². The second-order valence-corrected chi connectivity index (χ2v) is 24.6. The van der Waals surface area contributed by atoms with Gasteiger partial charge in [0.25, 0.3) is 8.32 Å². The van der Waals surface area contributed by atoms with Crippen LogP contribution in [0.25, 0.3) is 0 Å². The normalized spacial score (nSPS) is 14.0. The van der Waals surface area contributed by atoms with E-state index in [1.165, 1.54) is 14.7 Å². The van der Waals surface area contributed by atoms with Crippen molar-refractivity contribution >= 4 is 32.0 Å². The molecule has 4 aromatic rings. The van der Waals surface area contributed by atoms with Crippen LogP contribution in [0.3, 0.4) is 0 Å². The van der Waals surface area contributed by atoms with Gasteiger partial charge in [-0.25, -0.2) is 0 Å². The van der Waals surface area contributed by atoms with Gasteiger partial charge in [0.15, 0.2) is 0 Å². The van der Waals surface area contributed by atoms with Crippen molar-refractivity contribution in [3.05, 3.63) is 144 Å². The van der Waals surface area contributed by atoms with Gasteiger partial charge in [-0.05, 0) is 57.8 Å². The molecule has 62 heavy (non-hydrogen) atoms. The molecule has 0 saturated carbocycles. The summed E-state index contributed by atoms with van der Waals surface area (Å²) in [6, 6.07) is 35.9. The molecule has 4 atom stereocenters. The summed E-state index contributed by atoms with van der Waals surface area (Å²) in [4.78, 5) is 64.5. The lowest BCUT2D eigenvalue weighted by Gasteiger charge is -2.51. The van der Waals surface area contributed by atoms with Crippen LogP contribution in [0, 0.1) is 5.92 Å². The second kappa shape index (κ2) is 21.8. The number of rotatable bonds is 19. The Hall–Kier alpha value is -5.06. The summed E-state index contributed by atoms with van der Waals surface area (Å²) in [5, 5.41) is 2.56. The molecular formula is C52H72N4O5Si. The number of hydrogen-bond donors (Lipinski definition) is 1. The molecule has 0 bridgehead atoms. The number of benzene rings is 4. The highest BCUT2D eigenvalue weighted by atomic mass is 28.4. The van der Waals surface area contributed by atoms with Crippen molar-refractivity contribution < 1.29 is 23.6 Å². The number of carbonyl (C=O) groups excluding carboxylic acids is 4. The predicted octanol–water partition coefficient (Wildman–Crippen LogP) is 8.77. The van der Waals surface area contributed by atoms with Crippen LogP contribution in [0.4, 0.5) is 0 Å². The molecule has 0 aliphatic carbocycles. The van der Waals surface area contributed by atoms with E-state index in [1.54, 1.807) is 28.2 Å².